The van der Waals surface area contributed by atoms with E-state index in [0.717, 1.165) is 6.92 Å². The molecule has 2 saturated carbocycles. The molecular formula is C29H43ClO10. The maximum Gasteiger partial charge on any atom is 0.312 e. The zero-order chi connectivity index (χ0) is 30.4. The second kappa shape index (κ2) is 11.6. The molecule has 3 rings (SSSR count). The minimum atomic E-state index is -2.21. The summed E-state index contributed by atoms with van der Waals surface area (Å²) < 4.78 is 23.2. The molecule has 3 fully saturated rings. The molecule has 3 aliphatic rings. The maximum absolute atomic E-state index is 12.9. The smallest absolute Gasteiger partial charge is 0.312 e. The number of esters is 4. The van der Waals surface area contributed by atoms with E-state index in [1.165, 1.54) is 13.8 Å². The monoisotopic (exact) mass is 586 g/mol. The van der Waals surface area contributed by atoms with E-state index in [4.69, 9.17) is 30.5 Å². The van der Waals surface area contributed by atoms with Crippen molar-refractivity contribution >= 4 is 35.5 Å². The number of hydrogen-bond acceptors (Lipinski definition) is 10. The summed E-state index contributed by atoms with van der Waals surface area (Å²) in [4.78, 5) is 50.9. The van der Waals surface area contributed by atoms with E-state index in [0.29, 0.717) is 5.57 Å². The van der Waals surface area contributed by atoms with Gasteiger partial charge in [0.25, 0.3) is 0 Å². The molecule has 40 heavy (non-hydrogen) atoms. The molecule has 10 nitrogen and oxygen atoms in total. The fourth-order valence-corrected chi connectivity index (χ4v) is 7.09. The summed E-state index contributed by atoms with van der Waals surface area (Å²) in [6.45, 7) is 14.9. The summed E-state index contributed by atoms with van der Waals surface area (Å²) >= 11 is 6.77. The van der Waals surface area contributed by atoms with Gasteiger partial charge in [-0.05, 0) is 39.5 Å². The molecule has 1 saturated heterocycles. The topological polar surface area (TPSA) is 146 Å². The minimum absolute atomic E-state index is 0.0973. The molecule has 0 aromatic heterocycles. The Kier molecular flexibility index (Phi) is 9.38. The van der Waals surface area contributed by atoms with E-state index >= 15 is 0 Å². The van der Waals surface area contributed by atoms with Gasteiger partial charge in [-0.15, -0.1) is 11.6 Å². The van der Waals surface area contributed by atoms with Gasteiger partial charge >= 0.3 is 23.9 Å². The standard InChI is InChI=1S/C29H43ClO10/c1-9-20(32)38-18-11-10-15(4)21(30)23-29(36,16(5)26(34)40-23)24(37-17(6)31)22-27(18,7)13-12-19(28(22,8)35)39-25(33)14(2)3/h14,16,18-19,21-24,35-36H,4,9-13H2,1-3,5-8H3/t16-,18-,19-,21-,22+,23-,24-,27+,28+,29-/m0/s1. The van der Waals surface area contributed by atoms with Crippen molar-refractivity contribution in [1.82, 2.24) is 0 Å². The first-order valence-electron chi connectivity index (χ1n) is 14.0. The second-order valence-corrected chi connectivity index (χ2v) is 12.7. The lowest BCUT2D eigenvalue weighted by molar-refractivity contribution is -0.270. The molecule has 0 aromatic carbocycles. The lowest BCUT2D eigenvalue weighted by Gasteiger charge is -2.59. The van der Waals surface area contributed by atoms with Crippen LogP contribution in [-0.4, -0.2) is 75.1 Å². The second-order valence-electron chi connectivity index (χ2n) is 12.3. The third kappa shape index (κ3) is 5.51. The Balaban J connectivity index is 2.32. The predicted octanol–water partition coefficient (Wildman–Crippen LogP) is 3.23. The molecule has 2 aliphatic carbocycles. The molecule has 1 aliphatic heterocycles. The number of rotatable bonds is 5. The zero-order valence-electron chi connectivity index (χ0n) is 24.4. The van der Waals surface area contributed by atoms with Crippen LogP contribution in [0, 0.1) is 23.2 Å². The van der Waals surface area contributed by atoms with Crippen LogP contribution in [0.15, 0.2) is 12.2 Å². The van der Waals surface area contributed by atoms with E-state index in [1.807, 2.05) is 0 Å². The van der Waals surface area contributed by atoms with Gasteiger partial charge in [-0.1, -0.05) is 39.8 Å². The van der Waals surface area contributed by atoms with Crippen LogP contribution in [0.1, 0.15) is 80.6 Å². The van der Waals surface area contributed by atoms with E-state index < -0.39 is 88.0 Å². The van der Waals surface area contributed by atoms with Gasteiger partial charge in [0.1, 0.15) is 23.9 Å². The summed E-state index contributed by atoms with van der Waals surface area (Å²) in [5.41, 5.74) is -4.81. The van der Waals surface area contributed by atoms with Crippen LogP contribution in [-0.2, 0) is 38.1 Å². The molecule has 0 radical (unpaired) electrons. The first kappa shape index (κ1) is 32.3. The first-order valence-corrected chi connectivity index (χ1v) is 14.4. The maximum atomic E-state index is 12.9. The number of aliphatic hydroxyl groups is 2. The highest BCUT2D eigenvalue weighted by molar-refractivity contribution is 6.23. The number of carbonyl (C=O) groups is 4. The molecule has 0 spiro atoms. The van der Waals surface area contributed by atoms with E-state index in [1.54, 1.807) is 27.7 Å². The van der Waals surface area contributed by atoms with Gasteiger partial charge in [0, 0.05) is 24.7 Å². The summed E-state index contributed by atoms with van der Waals surface area (Å²) in [5.74, 6) is -5.44. The van der Waals surface area contributed by atoms with Crippen LogP contribution in [0.4, 0.5) is 0 Å². The summed E-state index contributed by atoms with van der Waals surface area (Å²) in [6, 6.07) is 0. The number of alkyl halides is 1. The molecule has 0 aromatic rings. The van der Waals surface area contributed by atoms with Crippen molar-refractivity contribution in [3.8, 4) is 0 Å². The van der Waals surface area contributed by atoms with Gasteiger partial charge in [-0.2, -0.15) is 0 Å². The van der Waals surface area contributed by atoms with E-state index in [9.17, 15) is 29.4 Å². The van der Waals surface area contributed by atoms with Gasteiger partial charge in [0.05, 0.1) is 17.2 Å². The Hall–Kier alpha value is -2.17. The highest BCUT2D eigenvalue weighted by Gasteiger charge is 2.71. The largest absolute Gasteiger partial charge is 0.462 e. The van der Waals surface area contributed by atoms with Crippen molar-refractivity contribution in [2.75, 3.05) is 0 Å². The fraction of sp³-hybridized carbons (Fsp3) is 0.793. The van der Waals surface area contributed by atoms with Crippen LogP contribution in [0.2, 0.25) is 0 Å². The molecule has 0 amide bonds. The molecule has 2 N–H and O–H groups in total. The van der Waals surface area contributed by atoms with Crippen LogP contribution in [0.5, 0.6) is 0 Å². The highest BCUT2D eigenvalue weighted by Crippen LogP contribution is 2.58. The molecule has 1 heterocycles. The van der Waals surface area contributed by atoms with Crippen LogP contribution in [0.3, 0.4) is 0 Å². The summed E-state index contributed by atoms with van der Waals surface area (Å²) in [6.07, 6.45) is -3.72. The molecule has 0 bridgehead atoms. The predicted molar refractivity (Wildman–Crippen MR) is 144 cm³/mol. The molecular weight excluding hydrogens is 544 g/mol. The average molecular weight is 587 g/mol. The van der Waals surface area contributed by atoms with Crippen LogP contribution in [0.25, 0.3) is 0 Å². The molecule has 11 heteroatoms. The lowest BCUT2D eigenvalue weighted by atomic mass is 9.52. The summed E-state index contributed by atoms with van der Waals surface area (Å²) in [5, 5.41) is 23.7. The zero-order valence-corrected chi connectivity index (χ0v) is 25.2. The number of fused-ring (bicyclic) bond motifs is 2. The normalized spacial score (nSPS) is 41.8. The molecule has 226 valence electrons. The van der Waals surface area contributed by atoms with Gasteiger partial charge in [-0.3, -0.25) is 19.2 Å². The van der Waals surface area contributed by atoms with Crippen LogP contribution < -0.4 is 0 Å². The first-order chi connectivity index (χ1) is 18.4. The number of carbonyl (C=O) groups excluding carboxylic acids is 4. The summed E-state index contributed by atoms with van der Waals surface area (Å²) in [7, 11) is 0. The van der Waals surface area contributed by atoms with Gasteiger partial charge in [-0.25, -0.2) is 0 Å². The SMILES string of the molecule is C=C1CC[C@H](OC(=O)CC)[C@@]2(C)CC[C@H](OC(=O)C(C)C)[C@@](C)(O)[C@@H]2[C@H](OC(C)=O)[C@]2(O)[C@@H](C)C(=O)O[C@H]2[C@H]1Cl. The number of ether oxygens (including phenoxy) is 4. The van der Waals surface area contributed by atoms with Crippen molar-refractivity contribution in [2.45, 2.75) is 122 Å². The van der Waals surface area contributed by atoms with Gasteiger partial charge in [0.15, 0.2) is 11.7 Å². The third-order valence-corrected chi connectivity index (χ3v) is 9.68. The third-order valence-electron chi connectivity index (χ3n) is 9.15. The van der Waals surface area contributed by atoms with Crippen molar-refractivity contribution in [3.63, 3.8) is 0 Å². The van der Waals surface area contributed by atoms with E-state index in [2.05, 4.69) is 6.58 Å². The Bertz CT molecular complexity index is 1040. The van der Waals surface area contributed by atoms with E-state index in [-0.39, 0.29) is 32.1 Å². The van der Waals surface area contributed by atoms with Crippen molar-refractivity contribution < 1.29 is 48.3 Å². The number of halogens is 1. The van der Waals surface area contributed by atoms with Gasteiger partial charge in [0.2, 0.25) is 0 Å². The molecule has 10 atom stereocenters. The fourth-order valence-electron chi connectivity index (χ4n) is 6.73. The minimum Gasteiger partial charge on any atom is -0.462 e. The van der Waals surface area contributed by atoms with Crippen molar-refractivity contribution in [2.24, 2.45) is 23.2 Å². The van der Waals surface area contributed by atoms with Gasteiger partial charge < -0.3 is 29.2 Å². The Labute approximate surface area is 240 Å². The lowest BCUT2D eigenvalue weighted by Crippen LogP contribution is -2.71. The number of hydrogen-bond donors (Lipinski definition) is 2. The highest BCUT2D eigenvalue weighted by atomic mass is 35.5. The Morgan fingerprint density at radius 2 is 1.75 bits per heavy atom. The quantitative estimate of drug-likeness (QED) is 0.213. The van der Waals surface area contributed by atoms with Crippen molar-refractivity contribution in [3.05, 3.63) is 12.2 Å². The Morgan fingerprint density at radius 1 is 1.12 bits per heavy atom. The molecule has 0 unspecified atom stereocenters. The average Bonchev–Trinajstić information content (AvgIpc) is 3.10. The Morgan fingerprint density at radius 3 is 2.30 bits per heavy atom. The van der Waals surface area contributed by atoms with Crippen LogP contribution >= 0.6 is 11.6 Å². The van der Waals surface area contributed by atoms with Crippen molar-refractivity contribution in [1.29, 1.82) is 0 Å².